The molecule has 1 aliphatic rings. The highest BCUT2D eigenvalue weighted by Gasteiger charge is 2.38. The van der Waals surface area contributed by atoms with E-state index in [-0.39, 0.29) is 29.1 Å². The van der Waals surface area contributed by atoms with Gasteiger partial charge in [-0.3, -0.25) is 9.48 Å². The third-order valence-corrected chi connectivity index (χ3v) is 4.29. The van der Waals surface area contributed by atoms with Crippen LogP contribution in [-0.4, -0.2) is 32.8 Å². The summed E-state index contributed by atoms with van der Waals surface area (Å²) in [5.41, 5.74) is 0.0509. The van der Waals surface area contributed by atoms with Gasteiger partial charge in [0.1, 0.15) is 6.04 Å². The molecule has 0 spiro atoms. The van der Waals surface area contributed by atoms with Gasteiger partial charge in [-0.2, -0.15) is 5.10 Å². The minimum absolute atomic E-state index is 0.0177. The van der Waals surface area contributed by atoms with Crippen molar-refractivity contribution in [2.45, 2.75) is 70.6 Å². The average Bonchev–Trinajstić information content (AvgIpc) is 2.70. The van der Waals surface area contributed by atoms with Gasteiger partial charge in [0.05, 0.1) is 10.7 Å². The summed E-state index contributed by atoms with van der Waals surface area (Å²) in [6, 6.07) is -0.123. The van der Waals surface area contributed by atoms with Crippen LogP contribution in [0.15, 0.2) is 16.9 Å². The summed E-state index contributed by atoms with van der Waals surface area (Å²) in [5, 5.41) is 11.0. The molecule has 0 unspecified atom stereocenters. The molecule has 1 aliphatic heterocycles. The van der Waals surface area contributed by atoms with Crippen LogP contribution in [0.4, 0.5) is 0 Å². The summed E-state index contributed by atoms with van der Waals surface area (Å²) >= 11 is 3.35. The Morgan fingerprint density at radius 1 is 1.43 bits per heavy atom. The van der Waals surface area contributed by atoms with E-state index in [1.165, 1.54) is 0 Å². The summed E-state index contributed by atoms with van der Waals surface area (Å²) < 4.78 is 2.56. The second kappa shape index (κ2) is 5.72. The number of hydrogen-bond donors (Lipinski definition) is 2. The number of carbonyl (C=O) groups excluding carboxylic acids is 1. The van der Waals surface area contributed by atoms with Gasteiger partial charge in [0.2, 0.25) is 5.91 Å². The Balaban J connectivity index is 2.02. The highest BCUT2D eigenvalue weighted by Crippen LogP contribution is 2.28. The Kier molecular flexibility index (Phi) is 4.49. The summed E-state index contributed by atoms with van der Waals surface area (Å²) in [6.07, 6.45) is 5.37. The van der Waals surface area contributed by atoms with Crippen LogP contribution in [-0.2, 0) is 4.79 Å². The molecule has 0 aliphatic carbocycles. The standard InChI is InChI=1S/C15H25BrN4O/c1-10(20-9-11(16)8-17-20)13(21)18-12-6-14(2,3)19-15(4,5)7-12/h8-10,12,19H,6-7H2,1-5H3,(H,18,21)/t10-/m0/s1. The summed E-state index contributed by atoms with van der Waals surface area (Å²) in [6.45, 7) is 10.6. The summed E-state index contributed by atoms with van der Waals surface area (Å²) in [7, 11) is 0. The van der Waals surface area contributed by atoms with Crippen LogP contribution in [0.1, 0.15) is 53.5 Å². The first-order valence-electron chi connectivity index (χ1n) is 7.37. The molecular weight excluding hydrogens is 332 g/mol. The molecule has 118 valence electrons. The van der Waals surface area contributed by atoms with Gasteiger partial charge in [0.25, 0.3) is 0 Å². The largest absolute Gasteiger partial charge is 0.351 e. The van der Waals surface area contributed by atoms with E-state index in [2.05, 4.69) is 59.4 Å². The molecule has 1 aromatic rings. The van der Waals surface area contributed by atoms with Crippen molar-refractivity contribution in [1.82, 2.24) is 20.4 Å². The average molecular weight is 357 g/mol. The molecule has 1 fully saturated rings. The zero-order chi connectivity index (χ0) is 15.8. The summed E-state index contributed by atoms with van der Waals surface area (Å²) in [4.78, 5) is 12.4. The van der Waals surface area contributed by atoms with E-state index in [1.807, 2.05) is 13.1 Å². The molecule has 0 bridgehead atoms. The molecule has 2 N–H and O–H groups in total. The van der Waals surface area contributed by atoms with Crippen molar-refractivity contribution in [3.05, 3.63) is 16.9 Å². The van der Waals surface area contributed by atoms with Crippen molar-refractivity contribution in [2.75, 3.05) is 0 Å². The number of nitrogens with one attached hydrogen (secondary N) is 2. The molecule has 5 nitrogen and oxygen atoms in total. The van der Waals surface area contributed by atoms with E-state index in [0.717, 1.165) is 17.3 Å². The molecule has 2 heterocycles. The van der Waals surface area contributed by atoms with Crippen LogP contribution in [0, 0.1) is 0 Å². The van der Waals surface area contributed by atoms with Crippen LogP contribution >= 0.6 is 15.9 Å². The van der Waals surface area contributed by atoms with Crippen molar-refractivity contribution in [3.63, 3.8) is 0 Å². The van der Waals surface area contributed by atoms with Crippen LogP contribution in [0.3, 0.4) is 0 Å². The topological polar surface area (TPSA) is 59.0 Å². The van der Waals surface area contributed by atoms with E-state index in [9.17, 15) is 4.79 Å². The van der Waals surface area contributed by atoms with E-state index < -0.39 is 0 Å². The second-order valence-electron chi connectivity index (χ2n) is 7.32. The fourth-order valence-corrected chi connectivity index (χ4v) is 3.69. The number of amides is 1. The second-order valence-corrected chi connectivity index (χ2v) is 8.24. The maximum absolute atomic E-state index is 12.4. The lowest BCUT2D eigenvalue weighted by molar-refractivity contribution is -0.125. The van der Waals surface area contributed by atoms with Crippen molar-refractivity contribution in [3.8, 4) is 0 Å². The zero-order valence-electron chi connectivity index (χ0n) is 13.4. The quantitative estimate of drug-likeness (QED) is 0.874. The molecular formula is C15H25BrN4O. The van der Waals surface area contributed by atoms with E-state index in [4.69, 9.17) is 0 Å². The smallest absolute Gasteiger partial charge is 0.244 e. The first-order valence-corrected chi connectivity index (χ1v) is 8.17. The van der Waals surface area contributed by atoms with E-state index in [0.29, 0.717) is 0 Å². The Morgan fingerprint density at radius 3 is 2.48 bits per heavy atom. The molecule has 21 heavy (non-hydrogen) atoms. The highest BCUT2D eigenvalue weighted by molar-refractivity contribution is 9.10. The number of aromatic nitrogens is 2. The van der Waals surface area contributed by atoms with Gasteiger partial charge in [0.15, 0.2) is 0 Å². The van der Waals surface area contributed by atoms with Crippen LogP contribution in [0.5, 0.6) is 0 Å². The first-order chi connectivity index (χ1) is 9.58. The molecule has 1 amide bonds. The van der Waals surface area contributed by atoms with Gasteiger partial charge in [-0.1, -0.05) is 0 Å². The maximum Gasteiger partial charge on any atom is 0.244 e. The first kappa shape index (κ1) is 16.5. The lowest BCUT2D eigenvalue weighted by Gasteiger charge is -2.46. The maximum atomic E-state index is 12.4. The molecule has 0 saturated carbocycles. The van der Waals surface area contributed by atoms with E-state index >= 15 is 0 Å². The Morgan fingerprint density at radius 2 is 2.00 bits per heavy atom. The Labute approximate surface area is 135 Å². The Hall–Kier alpha value is -0.880. The number of halogens is 1. The Bertz CT molecular complexity index is 507. The van der Waals surface area contributed by atoms with Gasteiger partial charge >= 0.3 is 0 Å². The number of nitrogens with zero attached hydrogens (tertiary/aromatic N) is 2. The van der Waals surface area contributed by atoms with Gasteiger partial charge in [-0.05, 0) is 63.4 Å². The molecule has 1 atom stereocenters. The fraction of sp³-hybridized carbons (Fsp3) is 0.733. The van der Waals surface area contributed by atoms with E-state index in [1.54, 1.807) is 10.9 Å². The summed E-state index contributed by atoms with van der Waals surface area (Å²) in [5.74, 6) is 0.0177. The van der Waals surface area contributed by atoms with Crippen LogP contribution in [0.25, 0.3) is 0 Å². The van der Waals surface area contributed by atoms with Crippen LogP contribution < -0.4 is 10.6 Å². The SMILES string of the molecule is C[C@@H](C(=O)NC1CC(C)(C)NC(C)(C)C1)n1cc(Br)cn1. The molecule has 0 aromatic carbocycles. The normalized spacial score (nSPS) is 22.8. The van der Waals surface area contributed by atoms with Crippen molar-refractivity contribution in [1.29, 1.82) is 0 Å². The molecule has 2 rings (SSSR count). The third kappa shape index (κ3) is 4.30. The van der Waals surface area contributed by atoms with Crippen molar-refractivity contribution < 1.29 is 4.79 Å². The number of carbonyl (C=O) groups is 1. The minimum atomic E-state index is -0.308. The number of rotatable bonds is 3. The molecule has 6 heteroatoms. The van der Waals surface area contributed by atoms with Gasteiger partial charge in [-0.15, -0.1) is 0 Å². The van der Waals surface area contributed by atoms with Crippen molar-refractivity contribution >= 4 is 21.8 Å². The predicted octanol–water partition coefficient (Wildman–Crippen LogP) is 2.63. The highest BCUT2D eigenvalue weighted by atomic mass is 79.9. The zero-order valence-corrected chi connectivity index (χ0v) is 15.0. The molecule has 0 radical (unpaired) electrons. The van der Waals surface area contributed by atoms with Crippen LogP contribution in [0.2, 0.25) is 0 Å². The predicted molar refractivity (Wildman–Crippen MR) is 87.1 cm³/mol. The molecule has 1 aromatic heterocycles. The van der Waals surface area contributed by atoms with Gasteiger partial charge in [-0.25, -0.2) is 0 Å². The monoisotopic (exact) mass is 356 g/mol. The lowest BCUT2D eigenvalue weighted by atomic mass is 9.79. The van der Waals surface area contributed by atoms with Gasteiger partial charge in [0, 0.05) is 23.3 Å². The fourth-order valence-electron chi connectivity index (χ4n) is 3.39. The molecule has 1 saturated heterocycles. The van der Waals surface area contributed by atoms with Gasteiger partial charge < -0.3 is 10.6 Å². The third-order valence-electron chi connectivity index (χ3n) is 3.88. The van der Waals surface area contributed by atoms with Crippen molar-refractivity contribution in [2.24, 2.45) is 0 Å². The number of hydrogen-bond acceptors (Lipinski definition) is 3. The number of piperidine rings is 1. The lowest BCUT2D eigenvalue weighted by Crippen LogP contribution is -2.62. The minimum Gasteiger partial charge on any atom is -0.351 e.